The summed E-state index contributed by atoms with van der Waals surface area (Å²) < 4.78 is 0. The minimum Gasteiger partial charge on any atom is -0.480 e. The highest BCUT2D eigenvalue weighted by Gasteiger charge is 2.44. The van der Waals surface area contributed by atoms with E-state index in [-0.39, 0.29) is 18.6 Å². The van der Waals surface area contributed by atoms with Crippen molar-refractivity contribution in [1.82, 2.24) is 0 Å². The summed E-state index contributed by atoms with van der Waals surface area (Å²) >= 11 is 0. The van der Waals surface area contributed by atoms with Gasteiger partial charge >= 0.3 is 5.97 Å². The topological polar surface area (TPSA) is 54.4 Å². The van der Waals surface area contributed by atoms with Gasteiger partial charge in [0.15, 0.2) is 11.2 Å². The Morgan fingerprint density at radius 2 is 1.75 bits per heavy atom. The van der Waals surface area contributed by atoms with Crippen molar-refractivity contribution in [1.29, 1.82) is 0 Å². The van der Waals surface area contributed by atoms with E-state index >= 15 is 0 Å². The van der Waals surface area contributed by atoms with Gasteiger partial charge in [-0.05, 0) is 12.0 Å². The summed E-state index contributed by atoms with van der Waals surface area (Å²) in [5.41, 5.74) is -0.812. The third kappa shape index (κ3) is 1.85. The average molecular weight is 220 g/mol. The van der Waals surface area contributed by atoms with Crippen LogP contribution in [0.5, 0.6) is 0 Å². The van der Waals surface area contributed by atoms with Crippen LogP contribution in [0.3, 0.4) is 0 Å². The Labute approximate surface area is 95.1 Å². The third-order valence-electron chi connectivity index (χ3n) is 2.96. The number of Topliss-reactive ketones (excluding diaryl/α,β-unsaturated/α-hetero) is 1. The molecule has 0 amide bonds. The molecule has 1 atom stereocenters. The first-order valence-electron chi connectivity index (χ1n) is 5.41. The first kappa shape index (κ1) is 12.4. The first-order chi connectivity index (χ1) is 7.59. The largest absolute Gasteiger partial charge is 0.480 e. The zero-order valence-electron chi connectivity index (χ0n) is 9.56. The zero-order valence-corrected chi connectivity index (χ0v) is 9.56. The summed E-state index contributed by atoms with van der Waals surface area (Å²) in [6.07, 6.45) is 0.508. The van der Waals surface area contributed by atoms with Gasteiger partial charge in [-0.1, -0.05) is 44.2 Å². The Hall–Kier alpha value is -1.64. The van der Waals surface area contributed by atoms with Crippen molar-refractivity contribution < 1.29 is 14.7 Å². The molecule has 0 aliphatic rings. The predicted molar refractivity (Wildman–Crippen MR) is 61.3 cm³/mol. The number of carboxylic acid groups (broad SMARTS) is 1. The maximum atomic E-state index is 11.9. The minimum atomic E-state index is -1.38. The number of carbonyl (C=O) groups excluding carboxylic acids is 1. The van der Waals surface area contributed by atoms with Crippen molar-refractivity contribution >= 4 is 11.8 Å². The molecule has 0 radical (unpaired) electrons. The number of carboxylic acids is 1. The van der Waals surface area contributed by atoms with Crippen LogP contribution in [-0.4, -0.2) is 16.9 Å². The molecule has 1 unspecified atom stereocenters. The van der Waals surface area contributed by atoms with Crippen LogP contribution in [0.1, 0.15) is 32.3 Å². The summed E-state index contributed by atoms with van der Waals surface area (Å²) in [5.74, 6) is -1.30. The Morgan fingerprint density at radius 1 is 1.19 bits per heavy atom. The van der Waals surface area contributed by atoms with Gasteiger partial charge in [-0.2, -0.15) is 0 Å². The number of hydrogen-bond acceptors (Lipinski definition) is 2. The maximum Gasteiger partial charge on any atom is 0.321 e. The molecule has 0 aliphatic carbocycles. The third-order valence-corrected chi connectivity index (χ3v) is 2.96. The van der Waals surface area contributed by atoms with Crippen LogP contribution in [0.25, 0.3) is 0 Å². The number of ketones is 1. The molecular weight excluding hydrogens is 204 g/mol. The second-order valence-corrected chi connectivity index (χ2v) is 3.71. The molecule has 1 aromatic carbocycles. The fourth-order valence-electron chi connectivity index (χ4n) is 1.98. The van der Waals surface area contributed by atoms with Gasteiger partial charge in [-0.15, -0.1) is 0 Å². The van der Waals surface area contributed by atoms with E-state index in [9.17, 15) is 14.7 Å². The van der Waals surface area contributed by atoms with Crippen molar-refractivity contribution in [3.8, 4) is 0 Å². The van der Waals surface area contributed by atoms with Crippen molar-refractivity contribution in [2.24, 2.45) is 0 Å². The molecule has 0 aliphatic heterocycles. The number of rotatable bonds is 5. The van der Waals surface area contributed by atoms with Crippen LogP contribution >= 0.6 is 0 Å². The zero-order chi connectivity index (χ0) is 12.2. The molecule has 0 fully saturated rings. The van der Waals surface area contributed by atoms with Crippen molar-refractivity contribution in [3.63, 3.8) is 0 Å². The van der Waals surface area contributed by atoms with Gasteiger partial charge in [-0.25, -0.2) is 0 Å². The summed E-state index contributed by atoms with van der Waals surface area (Å²) in [5, 5.41) is 9.36. The van der Waals surface area contributed by atoms with E-state index in [4.69, 9.17) is 0 Å². The van der Waals surface area contributed by atoms with Gasteiger partial charge in [0.2, 0.25) is 0 Å². The van der Waals surface area contributed by atoms with Crippen LogP contribution < -0.4 is 0 Å². The lowest BCUT2D eigenvalue weighted by Gasteiger charge is -2.26. The molecule has 0 saturated heterocycles. The Kier molecular flexibility index (Phi) is 3.82. The molecule has 16 heavy (non-hydrogen) atoms. The molecule has 3 nitrogen and oxygen atoms in total. The number of hydrogen-bond donors (Lipinski definition) is 1. The van der Waals surface area contributed by atoms with Gasteiger partial charge in [-0.3, -0.25) is 9.59 Å². The predicted octanol–water partition coefficient (Wildman–Crippen LogP) is 2.40. The first-order valence-corrected chi connectivity index (χ1v) is 5.41. The van der Waals surface area contributed by atoms with E-state index in [2.05, 4.69) is 0 Å². The maximum absolute atomic E-state index is 11.9. The molecule has 0 aromatic heterocycles. The number of benzene rings is 1. The van der Waals surface area contributed by atoms with Crippen LogP contribution in [-0.2, 0) is 15.0 Å². The lowest BCUT2D eigenvalue weighted by molar-refractivity contribution is -0.149. The Balaban J connectivity index is 3.35. The van der Waals surface area contributed by atoms with Gasteiger partial charge in [0.1, 0.15) is 0 Å². The molecule has 0 bridgehead atoms. The summed E-state index contributed by atoms with van der Waals surface area (Å²) in [7, 11) is 0. The highest BCUT2D eigenvalue weighted by molar-refractivity contribution is 6.08. The molecule has 0 heterocycles. The van der Waals surface area contributed by atoms with Crippen LogP contribution in [0.4, 0.5) is 0 Å². The van der Waals surface area contributed by atoms with E-state index in [1.54, 1.807) is 38.1 Å². The van der Waals surface area contributed by atoms with E-state index in [0.717, 1.165) is 0 Å². The van der Waals surface area contributed by atoms with Gasteiger partial charge in [0.05, 0.1) is 0 Å². The van der Waals surface area contributed by atoms with Gasteiger partial charge in [0.25, 0.3) is 0 Å². The molecule has 1 aromatic rings. The quantitative estimate of drug-likeness (QED) is 0.775. The van der Waals surface area contributed by atoms with E-state index in [1.807, 2.05) is 6.07 Å². The van der Waals surface area contributed by atoms with Crippen LogP contribution in [0.15, 0.2) is 30.3 Å². The summed E-state index contributed by atoms with van der Waals surface area (Å²) in [6, 6.07) is 8.72. The highest BCUT2D eigenvalue weighted by atomic mass is 16.4. The van der Waals surface area contributed by atoms with Crippen LogP contribution in [0, 0.1) is 0 Å². The molecule has 1 N–H and O–H groups in total. The van der Waals surface area contributed by atoms with E-state index in [1.165, 1.54) is 0 Å². The average Bonchev–Trinajstić information content (AvgIpc) is 2.31. The van der Waals surface area contributed by atoms with Gasteiger partial charge in [0, 0.05) is 6.42 Å². The monoisotopic (exact) mass is 220 g/mol. The van der Waals surface area contributed by atoms with E-state index in [0.29, 0.717) is 5.56 Å². The fraction of sp³-hybridized carbons (Fsp3) is 0.385. The van der Waals surface area contributed by atoms with Crippen molar-refractivity contribution in [3.05, 3.63) is 35.9 Å². The second-order valence-electron chi connectivity index (χ2n) is 3.71. The van der Waals surface area contributed by atoms with Crippen molar-refractivity contribution in [2.75, 3.05) is 0 Å². The SMILES string of the molecule is CCC(=O)C(CC)(C(=O)O)c1ccccc1. The van der Waals surface area contributed by atoms with Gasteiger partial charge < -0.3 is 5.11 Å². The molecular formula is C13H16O3. The normalized spacial score (nSPS) is 14.1. The minimum absolute atomic E-state index is 0.231. The Bertz CT molecular complexity index is 383. The molecule has 1 rings (SSSR count). The number of carbonyl (C=O) groups is 2. The second kappa shape index (κ2) is 4.92. The van der Waals surface area contributed by atoms with E-state index < -0.39 is 11.4 Å². The lowest BCUT2D eigenvalue weighted by atomic mass is 9.74. The lowest BCUT2D eigenvalue weighted by Crippen LogP contribution is -2.43. The smallest absolute Gasteiger partial charge is 0.321 e. The highest BCUT2D eigenvalue weighted by Crippen LogP contribution is 2.30. The number of aliphatic carboxylic acids is 1. The molecule has 86 valence electrons. The summed E-state index contributed by atoms with van der Waals surface area (Å²) in [6.45, 7) is 3.42. The van der Waals surface area contributed by atoms with Crippen LogP contribution in [0.2, 0.25) is 0 Å². The molecule has 0 spiro atoms. The molecule has 3 heteroatoms. The standard InChI is InChI=1S/C13H16O3/c1-3-11(14)13(4-2,12(15)16)10-8-6-5-7-9-10/h5-9H,3-4H2,1-2H3,(H,15,16). The summed E-state index contributed by atoms with van der Waals surface area (Å²) in [4.78, 5) is 23.4. The van der Waals surface area contributed by atoms with Crippen molar-refractivity contribution in [2.45, 2.75) is 32.1 Å². The molecule has 0 saturated carbocycles. The Morgan fingerprint density at radius 3 is 2.12 bits per heavy atom. The fourth-order valence-corrected chi connectivity index (χ4v) is 1.98.